The van der Waals surface area contributed by atoms with Crippen molar-refractivity contribution in [2.45, 2.75) is 43.9 Å². The topological polar surface area (TPSA) is 21.3 Å². The lowest BCUT2D eigenvalue weighted by molar-refractivity contribution is -0.143. The first-order valence-corrected chi connectivity index (χ1v) is 9.30. The van der Waals surface area contributed by atoms with E-state index < -0.39 is 29.6 Å². The minimum Gasteiger partial charge on any atom is -0.372 e. The van der Waals surface area contributed by atoms with Crippen LogP contribution < -0.4 is 5.32 Å². The highest BCUT2D eigenvalue weighted by molar-refractivity contribution is 6.30. The molecule has 0 radical (unpaired) electrons. The van der Waals surface area contributed by atoms with Crippen LogP contribution in [0.5, 0.6) is 0 Å². The molecular weight excluding hydrogens is 420 g/mol. The van der Waals surface area contributed by atoms with Gasteiger partial charge in [-0.3, -0.25) is 0 Å². The Kier molecular flexibility index (Phi) is 6.45. The number of alkyl halides is 6. The molecule has 2 nitrogen and oxygen atoms in total. The van der Waals surface area contributed by atoms with Crippen LogP contribution in [0.4, 0.5) is 26.3 Å². The number of nitrogens with one attached hydrogen (secondary N) is 1. The Bertz CT molecular complexity index is 802. The molecule has 0 saturated carbocycles. The molecule has 9 heteroatoms. The fraction of sp³-hybridized carbons (Fsp3) is 0.400. The number of rotatable bonds is 4. The van der Waals surface area contributed by atoms with Crippen LogP contribution in [0.3, 0.4) is 0 Å². The quantitative estimate of drug-likeness (QED) is 0.560. The third-order valence-electron chi connectivity index (χ3n) is 4.74. The second-order valence-electron chi connectivity index (χ2n) is 6.89. The molecule has 0 aliphatic carbocycles. The van der Waals surface area contributed by atoms with Gasteiger partial charge in [-0.2, -0.15) is 26.3 Å². The Morgan fingerprint density at radius 2 is 1.52 bits per heavy atom. The molecule has 2 unspecified atom stereocenters. The van der Waals surface area contributed by atoms with Gasteiger partial charge in [-0.25, -0.2) is 0 Å². The van der Waals surface area contributed by atoms with Crippen molar-refractivity contribution in [3.63, 3.8) is 0 Å². The highest BCUT2D eigenvalue weighted by Gasteiger charge is 2.37. The van der Waals surface area contributed by atoms with Gasteiger partial charge in [-0.15, -0.1) is 0 Å². The minimum atomic E-state index is -4.88. The van der Waals surface area contributed by atoms with Crippen molar-refractivity contribution in [1.29, 1.82) is 0 Å². The molecular formula is C20H18ClF6NO. The Labute approximate surface area is 168 Å². The second-order valence-corrected chi connectivity index (χ2v) is 7.33. The zero-order valence-electron chi connectivity index (χ0n) is 15.1. The summed E-state index contributed by atoms with van der Waals surface area (Å²) >= 11 is 5.90. The van der Waals surface area contributed by atoms with E-state index in [1.165, 1.54) is 0 Å². The lowest BCUT2D eigenvalue weighted by Crippen LogP contribution is -2.39. The Hall–Kier alpha value is -1.77. The van der Waals surface area contributed by atoms with Gasteiger partial charge < -0.3 is 10.1 Å². The summed E-state index contributed by atoms with van der Waals surface area (Å²) in [6, 6.07) is 8.34. The maximum Gasteiger partial charge on any atom is 0.416 e. The highest BCUT2D eigenvalue weighted by atomic mass is 35.5. The summed E-state index contributed by atoms with van der Waals surface area (Å²) in [6.45, 7) is 0.373. The number of hydrogen-bond donors (Lipinski definition) is 1. The molecule has 0 spiro atoms. The molecule has 158 valence electrons. The van der Waals surface area contributed by atoms with Gasteiger partial charge in [0.15, 0.2) is 0 Å². The average Bonchev–Trinajstić information content (AvgIpc) is 2.66. The van der Waals surface area contributed by atoms with E-state index in [9.17, 15) is 26.3 Å². The standard InChI is InChI=1S/C20H18ClF6NO/c21-16-5-3-13(4-6-16)18-17(2-1-7-28-18)29-11-12-8-14(19(22,23)24)10-15(9-12)20(25,26)27/h3-6,8-10,17-18,28H,1-2,7,11H2. The van der Waals surface area contributed by atoms with E-state index in [4.69, 9.17) is 16.3 Å². The second kappa shape index (κ2) is 8.53. The lowest BCUT2D eigenvalue weighted by Gasteiger charge is -2.33. The molecule has 0 aromatic heterocycles. The van der Waals surface area contributed by atoms with Gasteiger partial charge in [0.1, 0.15) is 0 Å². The summed E-state index contributed by atoms with van der Waals surface area (Å²) in [5.41, 5.74) is -1.98. The molecule has 2 aromatic carbocycles. The number of hydrogen-bond acceptors (Lipinski definition) is 2. The Balaban J connectivity index is 1.80. The fourth-order valence-electron chi connectivity index (χ4n) is 3.35. The van der Waals surface area contributed by atoms with Crippen molar-refractivity contribution < 1.29 is 31.1 Å². The van der Waals surface area contributed by atoms with Gasteiger partial charge in [-0.1, -0.05) is 23.7 Å². The van der Waals surface area contributed by atoms with E-state index in [2.05, 4.69) is 5.32 Å². The number of ether oxygens (including phenoxy) is 1. The maximum atomic E-state index is 13.0. The summed E-state index contributed by atoms with van der Waals surface area (Å²) in [4.78, 5) is 0. The summed E-state index contributed by atoms with van der Waals surface area (Å²) in [5, 5.41) is 3.85. The number of piperidine rings is 1. The SMILES string of the molecule is FC(F)(F)c1cc(COC2CCCNC2c2ccc(Cl)cc2)cc(C(F)(F)F)c1. The molecule has 2 aromatic rings. The van der Waals surface area contributed by atoms with Crippen LogP contribution in [0.1, 0.15) is 41.1 Å². The molecule has 1 aliphatic heterocycles. The van der Waals surface area contributed by atoms with Crippen molar-refractivity contribution in [3.05, 3.63) is 69.7 Å². The Morgan fingerprint density at radius 3 is 2.07 bits per heavy atom. The van der Waals surface area contributed by atoms with Gasteiger partial charge in [0.2, 0.25) is 0 Å². The Morgan fingerprint density at radius 1 is 0.931 bits per heavy atom. The zero-order chi connectivity index (χ0) is 21.2. The summed E-state index contributed by atoms with van der Waals surface area (Å²) < 4.78 is 83.9. The minimum absolute atomic E-state index is 0.113. The first-order valence-electron chi connectivity index (χ1n) is 8.93. The molecule has 1 saturated heterocycles. The van der Waals surface area contributed by atoms with Gasteiger partial charge in [0.05, 0.1) is 29.9 Å². The number of benzene rings is 2. The number of halogens is 7. The van der Waals surface area contributed by atoms with Crippen molar-refractivity contribution >= 4 is 11.6 Å². The predicted molar refractivity (Wildman–Crippen MR) is 96.5 cm³/mol. The molecule has 3 rings (SSSR count). The summed E-state index contributed by atoms with van der Waals surface area (Å²) in [6.07, 6.45) is -8.74. The van der Waals surface area contributed by atoms with Crippen LogP contribution in [-0.4, -0.2) is 12.6 Å². The van der Waals surface area contributed by atoms with Gasteiger partial charge in [-0.05, 0) is 60.8 Å². The zero-order valence-corrected chi connectivity index (χ0v) is 15.8. The van der Waals surface area contributed by atoms with E-state index >= 15 is 0 Å². The largest absolute Gasteiger partial charge is 0.416 e. The highest BCUT2D eigenvalue weighted by Crippen LogP contribution is 2.37. The summed E-state index contributed by atoms with van der Waals surface area (Å²) in [7, 11) is 0. The molecule has 2 atom stereocenters. The smallest absolute Gasteiger partial charge is 0.372 e. The van der Waals surface area contributed by atoms with Crippen LogP contribution in [0.2, 0.25) is 5.02 Å². The molecule has 1 heterocycles. The van der Waals surface area contributed by atoms with E-state index in [0.29, 0.717) is 23.6 Å². The van der Waals surface area contributed by atoms with E-state index in [0.717, 1.165) is 18.5 Å². The van der Waals surface area contributed by atoms with E-state index in [-0.39, 0.29) is 24.3 Å². The van der Waals surface area contributed by atoms with Crippen LogP contribution in [-0.2, 0) is 23.7 Å². The third-order valence-corrected chi connectivity index (χ3v) is 4.99. The first kappa shape index (κ1) is 21.9. The molecule has 1 fully saturated rings. The summed E-state index contributed by atoms with van der Waals surface area (Å²) in [5.74, 6) is 0. The molecule has 1 N–H and O–H groups in total. The van der Waals surface area contributed by atoms with Crippen molar-refractivity contribution in [2.24, 2.45) is 0 Å². The maximum absolute atomic E-state index is 13.0. The van der Waals surface area contributed by atoms with Crippen molar-refractivity contribution in [2.75, 3.05) is 6.54 Å². The monoisotopic (exact) mass is 437 g/mol. The first-order chi connectivity index (χ1) is 13.5. The predicted octanol–water partition coefficient (Wildman–Crippen LogP) is 6.39. The van der Waals surface area contributed by atoms with E-state index in [1.54, 1.807) is 12.1 Å². The van der Waals surface area contributed by atoms with Crippen molar-refractivity contribution in [1.82, 2.24) is 5.32 Å². The van der Waals surface area contributed by atoms with Gasteiger partial charge >= 0.3 is 12.4 Å². The average molecular weight is 438 g/mol. The molecule has 0 amide bonds. The van der Waals surface area contributed by atoms with Crippen LogP contribution in [0.25, 0.3) is 0 Å². The molecule has 1 aliphatic rings. The van der Waals surface area contributed by atoms with Gasteiger partial charge in [0, 0.05) is 5.02 Å². The molecule has 29 heavy (non-hydrogen) atoms. The van der Waals surface area contributed by atoms with E-state index in [1.807, 2.05) is 12.1 Å². The molecule has 0 bridgehead atoms. The normalized spacial score (nSPS) is 20.7. The van der Waals surface area contributed by atoms with Gasteiger partial charge in [0.25, 0.3) is 0 Å². The van der Waals surface area contributed by atoms with Crippen LogP contribution >= 0.6 is 11.6 Å². The lowest BCUT2D eigenvalue weighted by atomic mass is 9.94. The fourth-order valence-corrected chi connectivity index (χ4v) is 3.47. The third kappa shape index (κ3) is 5.65. The van der Waals surface area contributed by atoms with Crippen LogP contribution in [0, 0.1) is 0 Å². The van der Waals surface area contributed by atoms with Crippen molar-refractivity contribution in [3.8, 4) is 0 Å². The van der Waals surface area contributed by atoms with Crippen LogP contribution in [0.15, 0.2) is 42.5 Å².